The zero-order valence-electron chi connectivity index (χ0n) is 12.7. The number of morpholine rings is 1. The molecule has 2 aliphatic rings. The minimum absolute atomic E-state index is 0.279. The first kappa shape index (κ1) is 14.1. The van der Waals surface area contributed by atoms with Crippen LogP contribution < -0.4 is 4.90 Å². The highest BCUT2D eigenvalue weighted by Crippen LogP contribution is 2.29. The fraction of sp³-hybridized carbons (Fsp3) is 0.500. The van der Waals surface area contributed by atoms with Gasteiger partial charge in [-0.25, -0.2) is 0 Å². The van der Waals surface area contributed by atoms with Gasteiger partial charge in [0.05, 0.1) is 18.8 Å². The van der Waals surface area contributed by atoms with Crippen LogP contribution >= 0.6 is 11.3 Å². The molecule has 0 bridgehead atoms. The molecule has 0 N–H and O–H groups in total. The third-order valence-electron chi connectivity index (χ3n) is 4.43. The van der Waals surface area contributed by atoms with Crippen molar-refractivity contribution in [1.82, 2.24) is 15.1 Å². The van der Waals surface area contributed by atoms with E-state index in [4.69, 9.17) is 4.74 Å². The zero-order chi connectivity index (χ0) is 14.9. The van der Waals surface area contributed by atoms with Crippen molar-refractivity contribution in [1.29, 1.82) is 0 Å². The first-order valence-electron chi connectivity index (χ1n) is 7.74. The molecular formula is C16H20N4OS. The molecular weight excluding hydrogens is 296 g/mol. The standard InChI is InChI=1S/C16H20N4OS/c1-12-17-18-16(22-12)20-10-14-15(11-20)21-8-7-19(14)9-13-5-3-2-4-6-13/h2-6,14-15H,7-11H2,1H3/t14-,15+/m1/s1. The number of benzene rings is 1. The lowest BCUT2D eigenvalue weighted by molar-refractivity contribution is -0.0499. The molecule has 5 nitrogen and oxygen atoms in total. The van der Waals surface area contributed by atoms with E-state index in [9.17, 15) is 0 Å². The number of hydrogen-bond donors (Lipinski definition) is 0. The van der Waals surface area contributed by atoms with Gasteiger partial charge in [-0.3, -0.25) is 4.90 Å². The summed E-state index contributed by atoms with van der Waals surface area (Å²) in [6.07, 6.45) is 0.279. The molecule has 3 heterocycles. The van der Waals surface area contributed by atoms with Gasteiger partial charge in [0.2, 0.25) is 5.13 Å². The second kappa shape index (κ2) is 5.95. The highest BCUT2D eigenvalue weighted by molar-refractivity contribution is 7.15. The molecule has 0 amide bonds. The van der Waals surface area contributed by atoms with Crippen molar-refractivity contribution in [3.8, 4) is 0 Å². The number of aromatic nitrogens is 2. The summed E-state index contributed by atoms with van der Waals surface area (Å²) >= 11 is 1.67. The van der Waals surface area contributed by atoms with Gasteiger partial charge in [-0.05, 0) is 12.5 Å². The van der Waals surface area contributed by atoms with Crippen LogP contribution in [-0.4, -0.2) is 53.5 Å². The van der Waals surface area contributed by atoms with Crippen LogP contribution in [0.3, 0.4) is 0 Å². The summed E-state index contributed by atoms with van der Waals surface area (Å²) in [6.45, 7) is 6.71. The number of rotatable bonds is 3. The molecule has 1 aromatic heterocycles. The average Bonchev–Trinajstić information content (AvgIpc) is 3.15. The largest absolute Gasteiger partial charge is 0.373 e. The maximum atomic E-state index is 6.00. The van der Waals surface area contributed by atoms with E-state index in [2.05, 4.69) is 50.3 Å². The van der Waals surface area contributed by atoms with E-state index in [0.29, 0.717) is 6.04 Å². The number of anilines is 1. The zero-order valence-corrected chi connectivity index (χ0v) is 13.5. The third-order valence-corrected chi connectivity index (χ3v) is 5.33. The van der Waals surface area contributed by atoms with Gasteiger partial charge in [0.25, 0.3) is 0 Å². The summed E-state index contributed by atoms with van der Waals surface area (Å²) in [5, 5.41) is 10.5. The van der Waals surface area contributed by atoms with Crippen molar-refractivity contribution < 1.29 is 4.74 Å². The fourth-order valence-corrected chi connectivity index (χ4v) is 4.05. The van der Waals surface area contributed by atoms with Crippen LogP contribution in [0.4, 0.5) is 5.13 Å². The van der Waals surface area contributed by atoms with E-state index in [-0.39, 0.29) is 6.10 Å². The van der Waals surface area contributed by atoms with Gasteiger partial charge < -0.3 is 9.64 Å². The third kappa shape index (κ3) is 2.74. The van der Waals surface area contributed by atoms with E-state index < -0.39 is 0 Å². The first-order chi connectivity index (χ1) is 10.8. The summed E-state index contributed by atoms with van der Waals surface area (Å²) in [4.78, 5) is 4.88. The van der Waals surface area contributed by atoms with Gasteiger partial charge in [0, 0.05) is 26.2 Å². The molecule has 4 rings (SSSR count). The van der Waals surface area contributed by atoms with Crippen LogP contribution in [0.5, 0.6) is 0 Å². The van der Waals surface area contributed by atoms with Gasteiger partial charge in [-0.2, -0.15) is 0 Å². The van der Waals surface area contributed by atoms with Gasteiger partial charge in [0.1, 0.15) is 5.01 Å². The van der Waals surface area contributed by atoms with Gasteiger partial charge in [-0.15, -0.1) is 10.2 Å². The summed E-state index contributed by atoms with van der Waals surface area (Å²) in [5.41, 5.74) is 1.37. The van der Waals surface area contributed by atoms with Gasteiger partial charge in [0.15, 0.2) is 0 Å². The molecule has 0 spiro atoms. The van der Waals surface area contributed by atoms with Crippen molar-refractivity contribution >= 4 is 16.5 Å². The fourth-order valence-electron chi connectivity index (χ4n) is 3.34. The molecule has 2 aromatic rings. The molecule has 2 atom stereocenters. The highest BCUT2D eigenvalue weighted by atomic mass is 32.1. The van der Waals surface area contributed by atoms with Crippen LogP contribution in [0.2, 0.25) is 0 Å². The van der Waals surface area contributed by atoms with E-state index in [1.54, 1.807) is 11.3 Å². The molecule has 116 valence electrons. The summed E-state index contributed by atoms with van der Waals surface area (Å²) < 4.78 is 6.00. The molecule has 0 saturated carbocycles. The molecule has 0 aliphatic carbocycles. The Morgan fingerprint density at radius 3 is 2.86 bits per heavy atom. The topological polar surface area (TPSA) is 41.5 Å². The minimum Gasteiger partial charge on any atom is -0.373 e. The van der Waals surface area contributed by atoms with Crippen LogP contribution in [0.25, 0.3) is 0 Å². The molecule has 22 heavy (non-hydrogen) atoms. The lowest BCUT2D eigenvalue weighted by Gasteiger charge is -2.36. The van der Waals surface area contributed by atoms with E-state index >= 15 is 0 Å². The van der Waals surface area contributed by atoms with Crippen LogP contribution in [-0.2, 0) is 11.3 Å². The quantitative estimate of drug-likeness (QED) is 0.865. The van der Waals surface area contributed by atoms with Crippen molar-refractivity contribution in [3.05, 3.63) is 40.9 Å². The van der Waals surface area contributed by atoms with Gasteiger partial charge in [-0.1, -0.05) is 41.7 Å². The Labute approximate surface area is 134 Å². The molecule has 2 saturated heterocycles. The molecule has 0 radical (unpaired) electrons. The van der Waals surface area contributed by atoms with Crippen molar-refractivity contribution in [2.75, 3.05) is 31.1 Å². The number of aryl methyl sites for hydroxylation is 1. The van der Waals surface area contributed by atoms with E-state index in [1.807, 2.05) is 6.92 Å². The molecule has 6 heteroatoms. The number of nitrogens with zero attached hydrogens (tertiary/aromatic N) is 4. The predicted molar refractivity (Wildman–Crippen MR) is 87.2 cm³/mol. The lowest BCUT2D eigenvalue weighted by atomic mass is 10.1. The Kier molecular flexibility index (Phi) is 3.82. The van der Waals surface area contributed by atoms with Gasteiger partial charge >= 0.3 is 0 Å². The van der Waals surface area contributed by atoms with Crippen molar-refractivity contribution in [2.24, 2.45) is 0 Å². The second-order valence-corrected chi connectivity index (χ2v) is 7.10. The maximum absolute atomic E-state index is 6.00. The van der Waals surface area contributed by atoms with Crippen molar-refractivity contribution in [3.63, 3.8) is 0 Å². The summed E-state index contributed by atoms with van der Waals surface area (Å²) in [6, 6.07) is 11.1. The molecule has 2 aliphatic heterocycles. The second-order valence-electron chi connectivity index (χ2n) is 5.94. The monoisotopic (exact) mass is 316 g/mol. The summed E-state index contributed by atoms with van der Waals surface area (Å²) in [7, 11) is 0. The van der Waals surface area contributed by atoms with E-state index in [0.717, 1.165) is 42.9 Å². The maximum Gasteiger partial charge on any atom is 0.208 e. The summed E-state index contributed by atoms with van der Waals surface area (Å²) in [5.74, 6) is 0. The number of fused-ring (bicyclic) bond motifs is 1. The SMILES string of the molecule is Cc1nnc(N2C[C@@H]3OCCN(Cc4ccccc4)[C@@H]3C2)s1. The molecule has 2 fully saturated rings. The number of ether oxygens (including phenoxy) is 1. The smallest absolute Gasteiger partial charge is 0.208 e. The Morgan fingerprint density at radius 2 is 2.09 bits per heavy atom. The normalized spacial score (nSPS) is 25.4. The Hall–Kier alpha value is -1.50. The predicted octanol–water partition coefficient (Wildman–Crippen LogP) is 1.94. The van der Waals surface area contributed by atoms with Crippen LogP contribution in [0.1, 0.15) is 10.6 Å². The molecule has 0 unspecified atom stereocenters. The minimum atomic E-state index is 0.279. The number of hydrogen-bond acceptors (Lipinski definition) is 6. The Balaban J connectivity index is 1.49. The van der Waals surface area contributed by atoms with Crippen LogP contribution in [0.15, 0.2) is 30.3 Å². The first-order valence-corrected chi connectivity index (χ1v) is 8.56. The van der Waals surface area contributed by atoms with Crippen LogP contribution in [0, 0.1) is 6.92 Å². The van der Waals surface area contributed by atoms with E-state index in [1.165, 1.54) is 5.56 Å². The lowest BCUT2D eigenvalue weighted by Crippen LogP contribution is -2.50. The average molecular weight is 316 g/mol. The Bertz CT molecular complexity index is 632. The highest BCUT2D eigenvalue weighted by Gasteiger charge is 2.40. The molecule has 1 aromatic carbocycles. The van der Waals surface area contributed by atoms with Crippen molar-refractivity contribution in [2.45, 2.75) is 25.6 Å². The Morgan fingerprint density at radius 1 is 1.23 bits per heavy atom.